The summed E-state index contributed by atoms with van der Waals surface area (Å²) in [6, 6.07) is 16.8. The fraction of sp³-hybridized carbons (Fsp3) is 0.375. The number of fused-ring (bicyclic) bond motifs is 1. The lowest BCUT2D eigenvalue weighted by molar-refractivity contribution is -0.122. The molecule has 1 amide bonds. The van der Waals surface area contributed by atoms with Gasteiger partial charge in [0.15, 0.2) is 0 Å². The summed E-state index contributed by atoms with van der Waals surface area (Å²) in [5.74, 6) is -0.0879. The lowest BCUT2D eigenvalue weighted by Crippen LogP contribution is -2.31. The highest BCUT2D eigenvalue weighted by atomic mass is 32.2. The summed E-state index contributed by atoms with van der Waals surface area (Å²) in [5, 5.41) is 3.84. The number of sulfonamides is 1. The molecule has 1 atom stereocenters. The average Bonchev–Trinajstić information content (AvgIpc) is 2.97. The van der Waals surface area contributed by atoms with Gasteiger partial charge < -0.3 is 9.88 Å². The molecule has 0 aliphatic carbocycles. The van der Waals surface area contributed by atoms with Crippen LogP contribution in [0, 0.1) is 0 Å². The predicted molar refractivity (Wildman–Crippen MR) is 122 cm³/mol. The van der Waals surface area contributed by atoms with Gasteiger partial charge in [-0.25, -0.2) is 8.42 Å². The zero-order valence-corrected chi connectivity index (χ0v) is 18.6. The molecule has 2 aromatic carbocycles. The maximum atomic E-state index is 13.1. The molecule has 0 unspecified atom stereocenters. The van der Waals surface area contributed by atoms with Crippen LogP contribution in [0.3, 0.4) is 0 Å². The van der Waals surface area contributed by atoms with Crippen molar-refractivity contribution in [3.63, 3.8) is 0 Å². The van der Waals surface area contributed by atoms with E-state index in [1.807, 2.05) is 54.1 Å². The van der Waals surface area contributed by atoms with Crippen LogP contribution in [0.5, 0.6) is 0 Å². The van der Waals surface area contributed by atoms with Crippen molar-refractivity contribution in [1.29, 1.82) is 0 Å². The minimum Gasteiger partial charge on any atom is -0.348 e. The smallest absolute Gasteiger partial charge is 0.243 e. The molecule has 0 spiro atoms. The Balaban J connectivity index is 1.49. The van der Waals surface area contributed by atoms with E-state index in [0.717, 1.165) is 42.1 Å². The van der Waals surface area contributed by atoms with Gasteiger partial charge in [0, 0.05) is 30.2 Å². The first-order valence-electron chi connectivity index (χ1n) is 10.9. The van der Waals surface area contributed by atoms with E-state index in [1.54, 1.807) is 22.5 Å². The molecule has 1 aliphatic rings. The first-order valence-corrected chi connectivity index (χ1v) is 12.3. The van der Waals surface area contributed by atoms with Gasteiger partial charge in [0.1, 0.15) is 6.54 Å². The number of aromatic nitrogens is 1. The number of amides is 1. The third-order valence-corrected chi connectivity index (χ3v) is 7.83. The molecule has 4 rings (SSSR count). The van der Waals surface area contributed by atoms with Crippen LogP contribution >= 0.6 is 0 Å². The second-order valence-corrected chi connectivity index (χ2v) is 10.1. The standard InChI is InChI=1S/C24H29N3O3S/c1-19(20-9-5-4-6-10-20)25-24(28)18-26-16-13-21-17-22(11-12-23(21)26)31(29,30)27-14-7-2-3-8-15-27/h4-6,9-13,16-17,19H,2-3,7-8,14-15,18H2,1H3,(H,25,28)/t19-/m1/s1. The molecule has 0 saturated carbocycles. The minimum atomic E-state index is -3.49. The van der Waals surface area contributed by atoms with Crippen molar-refractivity contribution in [3.05, 3.63) is 66.4 Å². The predicted octanol–water partition coefficient (Wildman–Crippen LogP) is 4.08. The molecule has 31 heavy (non-hydrogen) atoms. The molecule has 7 heteroatoms. The average molecular weight is 440 g/mol. The van der Waals surface area contributed by atoms with Gasteiger partial charge in [-0.3, -0.25) is 4.79 Å². The van der Waals surface area contributed by atoms with Gasteiger partial charge in [-0.05, 0) is 49.6 Å². The first kappa shape index (κ1) is 21.6. The van der Waals surface area contributed by atoms with Crippen LogP contribution in [-0.4, -0.2) is 36.3 Å². The van der Waals surface area contributed by atoms with Gasteiger partial charge in [0.05, 0.1) is 10.9 Å². The van der Waals surface area contributed by atoms with Crippen LogP contribution < -0.4 is 5.32 Å². The number of hydrogen-bond donors (Lipinski definition) is 1. The monoisotopic (exact) mass is 439 g/mol. The number of carbonyl (C=O) groups is 1. The zero-order valence-electron chi connectivity index (χ0n) is 17.8. The van der Waals surface area contributed by atoms with Crippen molar-refractivity contribution < 1.29 is 13.2 Å². The van der Waals surface area contributed by atoms with E-state index < -0.39 is 10.0 Å². The number of nitrogens with zero attached hydrogens (tertiary/aromatic N) is 2. The Kier molecular flexibility index (Phi) is 6.43. The minimum absolute atomic E-state index is 0.0825. The molecule has 0 bridgehead atoms. The van der Waals surface area contributed by atoms with Crippen LogP contribution in [0.25, 0.3) is 10.9 Å². The van der Waals surface area contributed by atoms with Gasteiger partial charge in [0.2, 0.25) is 15.9 Å². The Morgan fingerprint density at radius 1 is 1.00 bits per heavy atom. The Bertz CT molecular complexity index is 1150. The van der Waals surface area contributed by atoms with Gasteiger partial charge in [-0.15, -0.1) is 0 Å². The van der Waals surface area contributed by atoms with E-state index in [0.29, 0.717) is 18.0 Å². The molecule has 1 aromatic heterocycles. The molecule has 1 N–H and O–H groups in total. The number of carbonyl (C=O) groups excluding carboxylic acids is 1. The summed E-state index contributed by atoms with van der Waals surface area (Å²) < 4.78 is 29.6. The van der Waals surface area contributed by atoms with Crippen molar-refractivity contribution >= 4 is 26.8 Å². The summed E-state index contributed by atoms with van der Waals surface area (Å²) >= 11 is 0. The van der Waals surface area contributed by atoms with Crippen LogP contribution in [-0.2, 0) is 21.4 Å². The van der Waals surface area contributed by atoms with Crippen LogP contribution in [0.15, 0.2) is 65.7 Å². The third kappa shape index (κ3) is 4.83. The maximum absolute atomic E-state index is 13.1. The van der Waals surface area contributed by atoms with Gasteiger partial charge >= 0.3 is 0 Å². The number of benzene rings is 2. The van der Waals surface area contributed by atoms with Crippen molar-refractivity contribution in [2.45, 2.75) is 50.1 Å². The van der Waals surface area contributed by atoms with Crippen LogP contribution in [0.1, 0.15) is 44.2 Å². The van der Waals surface area contributed by atoms with Crippen LogP contribution in [0.2, 0.25) is 0 Å². The van der Waals surface area contributed by atoms with E-state index in [1.165, 1.54) is 0 Å². The number of nitrogens with one attached hydrogen (secondary N) is 1. The fourth-order valence-electron chi connectivity index (χ4n) is 4.17. The van der Waals surface area contributed by atoms with E-state index in [2.05, 4.69) is 5.32 Å². The van der Waals surface area contributed by atoms with Crippen molar-refractivity contribution in [1.82, 2.24) is 14.2 Å². The molecule has 0 radical (unpaired) electrons. The van der Waals surface area contributed by atoms with Crippen molar-refractivity contribution in [2.75, 3.05) is 13.1 Å². The quantitative estimate of drug-likeness (QED) is 0.629. The SMILES string of the molecule is C[C@@H](NC(=O)Cn1ccc2cc(S(=O)(=O)N3CCCCCC3)ccc21)c1ccccc1. The third-order valence-electron chi connectivity index (χ3n) is 5.94. The largest absolute Gasteiger partial charge is 0.348 e. The summed E-state index contributed by atoms with van der Waals surface area (Å²) in [7, 11) is -3.49. The maximum Gasteiger partial charge on any atom is 0.243 e. The van der Waals surface area contributed by atoms with Crippen molar-refractivity contribution in [3.8, 4) is 0 Å². The van der Waals surface area contributed by atoms with Gasteiger partial charge in [0.25, 0.3) is 0 Å². The van der Waals surface area contributed by atoms with Gasteiger partial charge in [-0.1, -0.05) is 43.2 Å². The van der Waals surface area contributed by atoms with Gasteiger partial charge in [-0.2, -0.15) is 4.31 Å². The Morgan fingerprint density at radius 3 is 2.42 bits per heavy atom. The molecule has 1 aliphatic heterocycles. The number of hydrogen-bond acceptors (Lipinski definition) is 3. The summed E-state index contributed by atoms with van der Waals surface area (Å²) in [5.41, 5.74) is 1.90. The normalized spacial score (nSPS) is 16.7. The Morgan fingerprint density at radius 2 is 1.71 bits per heavy atom. The van der Waals surface area contributed by atoms with E-state index in [9.17, 15) is 13.2 Å². The zero-order chi connectivity index (χ0) is 21.8. The lowest BCUT2D eigenvalue weighted by Gasteiger charge is -2.20. The first-order chi connectivity index (χ1) is 14.9. The van der Waals surface area contributed by atoms with Crippen molar-refractivity contribution in [2.24, 2.45) is 0 Å². The highest BCUT2D eigenvalue weighted by molar-refractivity contribution is 7.89. The summed E-state index contributed by atoms with van der Waals surface area (Å²) in [4.78, 5) is 12.9. The Hall–Kier alpha value is -2.64. The Labute approximate surface area is 183 Å². The van der Waals surface area contributed by atoms with E-state index in [4.69, 9.17) is 0 Å². The topological polar surface area (TPSA) is 71.4 Å². The van der Waals surface area contributed by atoms with Crippen LogP contribution in [0.4, 0.5) is 0 Å². The molecule has 164 valence electrons. The molecule has 1 fully saturated rings. The molecular formula is C24H29N3O3S. The molecule has 2 heterocycles. The fourth-order valence-corrected chi connectivity index (χ4v) is 5.73. The molecular weight excluding hydrogens is 410 g/mol. The number of rotatable bonds is 6. The summed E-state index contributed by atoms with van der Waals surface area (Å²) in [6.45, 7) is 3.31. The second-order valence-electron chi connectivity index (χ2n) is 8.18. The second kappa shape index (κ2) is 9.24. The van der Waals surface area contributed by atoms with E-state index in [-0.39, 0.29) is 18.5 Å². The highest BCUT2D eigenvalue weighted by Crippen LogP contribution is 2.25. The molecule has 3 aromatic rings. The molecule has 6 nitrogen and oxygen atoms in total. The molecule has 1 saturated heterocycles. The highest BCUT2D eigenvalue weighted by Gasteiger charge is 2.25. The van der Waals surface area contributed by atoms with E-state index >= 15 is 0 Å². The lowest BCUT2D eigenvalue weighted by atomic mass is 10.1. The summed E-state index contributed by atoms with van der Waals surface area (Å²) in [6.07, 6.45) is 5.82.